The molecule has 0 radical (unpaired) electrons. The van der Waals surface area contributed by atoms with Gasteiger partial charge in [0, 0.05) is 18.0 Å². The van der Waals surface area contributed by atoms with E-state index in [4.69, 9.17) is 16.3 Å². The maximum atomic E-state index is 12.3. The Labute approximate surface area is 160 Å². The minimum absolute atomic E-state index is 0. The molecular formula is C19H24Cl2N2O2. The van der Waals surface area contributed by atoms with Crippen molar-refractivity contribution < 1.29 is 9.53 Å². The quantitative estimate of drug-likeness (QED) is 0.763. The summed E-state index contributed by atoms with van der Waals surface area (Å²) in [5.74, 6) is 0.764. The zero-order valence-electron chi connectivity index (χ0n) is 14.6. The summed E-state index contributed by atoms with van der Waals surface area (Å²) < 4.78 is 5.27. The first kappa shape index (κ1) is 21.3. The second-order valence-electron chi connectivity index (χ2n) is 5.60. The van der Waals surface area contributed by atoms with Crippen LogP contribution in [0.3, 0.4) is 0 Å². The van der Waals surface area contributed by atoms with E-state index >= 15 is 0 Å². The molecule has 1 unspecified atom stereocenters. The standard InChI is InChI=1S/C19H23ClN2O2.ClH/c1-13-12-14(24-3)8-9-15(13)19(22-18(23)10-11-21-2)16-6-4-5-7-17(16)20;/h4-9,12,19,21H,10-11H2,1-3H3,(H,22,23);1H. The van der Waals surface area contributed by atoms with Crippen LogP contribution in [-0.2, 0) is 4.79 Å². The fraction of sp³-hybridized carbons (Fsp3) is 0.316. The lowest BCUT2D eigenvalue weighted by molar-refractivity contribution is -0.121. The number of carbonyl (C=O) groups is 1. The van der Waals surface area contributed by atoms with Gasteiger partial charge in [0.15, 0.2) is 0 Å². The first-order valence-corrected chi connectivity index (χ1v) is 8.27. The summed E-state index contributed by atoms with van der Waals surface area (Å²) in [6.07, 6.45) is 0.409. The Balaban J connectivity index is 0.00000312. The SMILES string of the molecule is CNCCC(=O)NC(c1ccc(OC)cc1C)c1ccccc1Cl.Cl. The van der Waals surface area contributed by atoms with E-state index in [1.165, 1.54) is 0 Å². The van der Waals surface area contributed by atoms with Gasteiger partial charge in [0.05, 0.1) is 13.2 Å². The Morgan fingerprint density at radius 3 is 2.52 bits per heavy atom. The highest BCUT2D eigenvalue weighted by Crippen LogP contribution is 2.31. The zero-order chi connectivity index (χ0) is 17.5. The molecule has 136 valence electrons. The molecule has 0 aliphatic carbocycles. The van der Waals surface area contributed by atoms with Crippen molar-refractivity contribution in [1.82, 2.24) is 10.6 Å². The van der Waals surface area contributed by atoms with E-state index in [0.29, 0.717) is 18.0 Å². The molecule has 0 bridgehead atoms. The molecule has 6 heteroatoms. The lowest BCUT2D eigenvalue weighted by Gasteiger charge is -2.23. The minimum Gasteiger partial charge on any atom is -0.497 e. The van der Waals surface area contributed by atoms with Crippen LogP contribution in [0.25, 0.3) is 0 Å². The molecule has 4 nitrogen and oxygen atoms in total. The van der Waals surface area contributed by atoms with Crippen molar-refractivity contribution in [2.75, 3.05) is 20.7 Å². The highest BCUT2D eigenvalue weighted by atomic mass is 35.5. The van der Waals surface area contributed by atoms with Gasteiger partial charge in [0.25, 0.3) is 0 Å². The Morgan fingerprint density at radius 2 is 1.92 bits per heavy atom. The fourth-order valence-corrected chi connectivity index (χ4v) is 2.85. The van der Waals surface area contributed by atoms with Gasteiger partial charge in [0.1, 0.15) is 5.75 Å². The van der Waals surface area contributed by atoms with E-state index in [2.05, 4.69) is 10.6 Å². The lowest BCUT2D eigenvalue weighted by Crippen LogP contribution is -2.31. The number of hydrogen-bond donors (Lipinski definition) is 2. The summed E-state index contributed by atoms with van der Waals surface area (Å²) in [6.45, 7) is 2.63. The van der Waals surface area contributed by atoms with Crippen molar-refractivity contribution >= 4 is 29.9 Å². The van der Waals surface area contributed by atoms with Crippen molar-refractivity contribution in [3.05, 3.63) is 64.2 Å². The predicted molar refractivity (Wildman–Crippen MR) is 105 cm³/mol. The maximum absolute atomic E-state index is 12.3. The average molecular weight is 383 g/mol. The number of aryl methyl sites for hydroxylation is 1. The van der Waals surface area contributed by atoms with Crippen LogP contribution in [0.5, 0.6) is 5.75 Å². The van der Waals surface area contributed by atoms with Crippen LogP contribution in [0.15, 0.2) is 42.5 Å². The molecule has 0 fully saturated rings. The zero-order valence-corrected chi connectivity index (χ0v) is 16.2. The molecule has 0 aromatic heterocycles. The van der Waals surface area contributed by atoms with Gasteiger partial charge in [-0.25, -0.2) is 0 Å². The van der Waals surface area contributed by atoms with Crippen LogP contribution in [0.2, 0.25) is 5.02 Å². The first-order chi connectivity index (χ1) is 11.6. The highest BCUT2D eigenvalue weighted by molar-refractivity contribution is 6.31. The third-order valence-corrected chi connectivity index (χ3v) is 4.26. The monoisotopic (exact) mass is 382 g/mol. The summed E-state index contributed by atoms with van der Waals surface area (Å²) in [4.78, 5) is 12.3. The van der Waals surface area contributed by atoms with E-state index in [-0.39, 0.29) is 24.4 Å². The molecule has 2 aromatic rings. The van der Waals surface area contributed by atoms with E-state index in [9.17, 15) is 4.79 Å². The van der Waals surface area contributed by atoms with Crippen molar-refractivity contribution in [3.63, 3.8) is 0 Å². The summed E-state index contributed by atoms with van der Waals surface area (Å²) in [5.41, 5.74) is 2.92. The molecule has 2 N–H and O–H groups in total. The van der Waals surface area contributed by atoms with E-state index in [1.54, 1.807) is 7.11 Å². The van der Waals surface area contributed by atoms with Gasteiger partial charge < -0.3 is 15.4 Å². The number of carbonyl (C=O) groups excluding carboxylic acids is 1. The highest BCUT2D eigenvalue weighted by Gasteiger charge is 2.21. The number of ether oxygens (including phenoxy) is 1. The van der Waals surface area contributed by atoms with Crippen LogP contribution < -0.4 is 15.4 Å². The molecule has 0 aliphatic rings. The van der Waals surface area contributed by atoms with Crippen molar-refractivity contribution in [3.8, 4) is 5.75 Å². The molecule has 1 amide bonds. The Bertz CT molecular complexity index is 708. The summed E-state index contributed by atoms with van der Waals surface area (Å²) in [6, 6.07) is 13.1. The lowest BCUT2D eigenvalue weighted by atomic mass is 9.94. The van der Waals surface area contributed by atoms with Gasteiger partial charge in [-0.3, -0.25) is 4.79 Å². The average Bonchev–Trinajstić information content (AvgIpc) is 2.58. The van der Waals surface area contributed by atoms with E-state index in [0.717, 1.165) is 22.4 Å². The Hall–Kier alpha value is -1.75. The van der Waals surface area contributed by atoms with Crippen LogP contribution in [0.4, 0.5) is 0 Å². The Morgan fingerprint density at radius 1 is 1.20 bits per heavy atom. The second-order valence-corrected chi connectivity index (χ2v) is 6.01. The largest absolute Gasteiger partial charge is 0.497 e. The molecule has 2 aromatic carbocycles. The number of methoxy groups -OCH3 is 1. The molecular weight excluding hydrogens is 359 g/mol. The van der Waals surface area contributed by atoms with Gasteiger partial charge in [-0.05, 0) is 48.9 Å². The summed E-state index contributed by atoms with van der Waals surface area (Å²) in [7, 11) is 3.46. The van der Waals surface area contributed by atoms with Crippen molar-refractivity contribution in [2.45, 2.75) is 19.4 Å². The van der Waals surface area contributed by atoms with Gasteiger partial charge in [0.2, 0.25) is 5.91 Å². The van der Waals surface area contributed by atoms with E-state index < -0.39 is 0 Å². The van der Waals surface area contributed by atoms with Gasteiger partial charge in [-0.15, -0.1) is 12.4 Å². The summed E-state index contributed by atoms with van der Waals surface area (Å²) >= 11 is 6.38. The number of benzene rings is 2. The number of amides is 1. The second kappa shape index (κ2) is 10.3. The minimum atomic E-state index is -0.297. The summed E-state index contributed by atoms with van der Waals surface area (Å²) in [5, 5.41) is 6.72. The Kier molecular flexibility index (Phi) is 8.76. The number of rotatable bonds is 7. The first-order valence-electron chi connectivity index (χ1n) is 7.89. The van der Waals surface area contributed by atoms with Crippen molar-refractivity contribution in [1.29, 1.82) is 0 Å². The number of halogens is 2. The van der Waals surface area contributed by atoms with Crippen LogP contribution in [-0.4, -0.2) is 26.6 Å². The maximum Gasteiger partial charge on any atom is 0.222 e. The number of nitrogens with one attached hydrogen (secondary N) is 2. The molecule has 2 rings (SSSR count). The molecule has 1 atom stereocenters. The molecule has 0 spiro atoms. The van der Waals surface area contributed by atoms with Crippen LogP contribution in [0.1, 0.15) is 29.2 Å². The molecule has 0 saturated carbocycles. The molecule has 0 heterocycles. The van der Waals surface area contributed by atoms with E-state index in [1.807, 2.05) is 56.4 Å². The third kappa shape index (κ3) is 5.63. The fourth-order valence-electron chi connectivity index (χ4n) is 2.60. The van der Waals surface area contributed by atoms with Gasteiger partial charge >= 0.3 is 0 Å². The van der Waals surface area contributed by atoms with Crippen molar-refractivity contribution in [2.24, 2.45) is 0 Å². The smallest absolute Gasteiger partial charge is 0.222 e. The predicted octanol–water partition coefficient (Wildman–Crippen LogP) is 3.89. The number of hydrogen-bond acceptors (Lipinski definition) is 3. The normalized spacial score (nSPS) is 11.4. The molecule has 25 heavy (non-hydrogen) atoms. The van der Waals surface area contributed by atoms with Crippen LogP contribution >= 0.6 is 24.0 Å². The van der Waals surface area contributed by atoms with Gasteiger partial charge in [-0.1, -0.05) is 35.9 Å². The molecule has 0 saturated heterocycles. The molecule has 0 aliphatic heterocycles. The van der Waals surface area contributed by atoms with Gasteiger partial charge in [-0.2, -0.15) is 0 Å². The third-order valence-electron chi connectivity index (χ3n) is 3.91. The van der Waals surface area contributed by atoms with Crippen LogP contribution in [0, 0.1) is 6.92 Å². The topological polar surface area (TPSA) is 50.4 Å².